The van der Waals surface area contributed by atoms with Crippen molar-refractivity contribution < 1.29 is 29.6 Å². The fourth-order valence-corrected chi connectivity index (χ4v) is 5.81. The summed E-state index contributed by atoms with van der Waals surface area (Å²) in [5.74, 6) is -0.937. The maximum absolute atomic E-state index is 11.5. The number of esters is 1. The molecule has 0 spiro atoms. The van der Waals surface area contributed by atoms with Gasteiger partial charge in [0.1, 0.15) is 12.7 Å². The summed E-state index contributed by atoms with van der Waals surface area (Å²) in [4.78, 5) is 22.0. The van der Waals surface area contributed by atoms with E-state index in [1.54, 1.807) is 0 Å². The lowest BCUT2D eigenvalue weighted by molar-refractivity contribution is -0.147. The number of hydrogen-bond acceptors (Lipinski definition) is 5. The molecule has 0 fully saturated rings. The van der Waals surface area contributed by atoms with Crippen LogP contribution in [0.1, 0.15) is 205 Å². The molecule has 6 nitrogen and oxygen atoms in total. The smallest absolute Gasteiger partial charge is 0.305 e. The van der Waals surface area contributed by atoms with Gasteiger partial charge in [-0.1, -0.05) is 180 Å². The Hall–Kier alpha value is -1.14. The number of aliphatic hydroxyl groups is 2. The maximum Gasteiger partial charge on any atom is 0.305 e. The minimum Gasteiger partial charge on any atom is -0.481 e. The van der Waals surface area contributed by atoms with Crippen molar-refractivity contribution in [1.29, 1.82) is 0 Å². The summed E-state index contributed by atoms with van der Waals surface area (Å²) < 4.78 is 4.91. The zero-order valence-corrected chi connectivity index (χ0v) is 28.2. The van der Waals surface area contributed by atoms with Crippen LogP contribution < -0.4 is 0 Å². The number of rotatable bonds is 36. The fraction of sp³-hybridized carbons (Fsp3) is 0.946. The van der Waals surface area contributed by atoms with Crippen LogP contribution in [0, 0.1) is 0 Å². The van der Waals surface area contributed by atoms with E-state index < -0.39 is 12.1 Å². The van der Waals surface area contributed by atoms with E-state index >= 15 is 0 Å². The molecule has 0 heterocycles. The molecule has 0 radical (unpaired) electrons. The van der Waals surface area contributed by atoms with E-state index in [2.05, 4.69) is 0 Å². The van der Waals surface area contributed by atoms with Crippen LogP contribution in [0.2, 0.25) is 0 Å². The van der Waals surface area contributed by atoms with Crippen LogP contribution in [0.5, 0.6) is 0 Å². The average Bonchev–Trinajstić information content (AvgIpc) is 3.00. The summed E-state index contributed by atoms with van der Waals surface area (Å²) in [5.41, 5.74) is 0. The van der Waals surface area contributed by atoms with Crippen molar-refractivity contribution in [2.24, 2.45) is 0 Å². The van der Waals surface area contributed by atoms with Gasteiger partial charge in [0.05, 0.1) is 6.61 Å². The Kier molecular flexibility index (Phi) is 34.4. The van der Waals surface area contributed by atoms with Gasteiger partial charge < -0.3 is 20.1 Å². The number of hydrogen-bond donors (Lipinski definition) is 3. The first-order valence-electron chi connectivity index (χ1n) is 18.7. The number of aliphatic carboxylic acids is 1. The van der Waals surface area contributed by atoms with Gasteiger partial charge in [0.2, 0.25) is 0 Å². The van der Waals surface area contributed by atoms with Crippen LogP contribution in [0.4, 0.5) is 0 Å². The number of carbonyl (C=O) groups is 2. The van der Waals surface area contributed by atoms with Crippen LogP contribution in [-0.2, 0) is 14.3 Å². The molecule has 3 N–H and O–H groups in total. The zero-order chi connectivity index (χ0) is 31.5. The number of unbranched alkanes of at least 4 members (excludes halogenated alkanes) is 29. The standard InChI is InChI=1S/C37H72O6/c38-33-35(39)34-43-37(42)32-30-28-26-24-22-20-18-16-14-12-10-8-6-4-2-1-3-5-7-9-11-13-15-17-19-21-23-25-27-29-31-36(40)41/h35,38-39H,1-34H2,(H,40,41). The van der Waals surface area contributed by atoms with Crippen molar-refractivity contribution in [3.63, 3.8) is 0 Å². The third kappa shape index (κ3) is 37.0. The lowest BCUT2D eigenvalue weighted by atomic mass is 10.0. The van der Waals surface area contributed by atoms with Crippen LogP contribution in [0.3, 0.4) is 0 Å². The fourth-order valence-electron chi connectivity index (χ4n) is 5.81. The van der Waals surface area contributed by atoms with E-state index in [1.807, 2.05) is 0 Å². The molecule has 0 bridgehead atoms. The maximum atomic E-state index is 11.5. The lowest BCUT2D eigenvalue weighted by Crippen LogP contribution is -2.21. The molecule has 0 aromatic rings. The Balaban J connectivity index is 3.10. The molecule has 256 valence electrons. The van der Waals surface area contributed by atoms with Gasteiger partial charge in [-0.15, -0.1) is 0 Å². The van der Waals surface area contributed by atoms with Crippen LogP contribution in [0.15, 0.2) is 0 Å². The molecule has 0 saturated heterocycles. The molecule has 0 saturated carbocycles. The Morgan fingerprint density at radius 2 is 0.651 bits per heavy atom. The van der Waals surface area contributed by atoms with Crippen molar-refractivity contribution in [2.45, 2.75) is 212 Å². The van der Waals surface area contributed by atoms with Crippen LogP contribution in [0.25, 0.3) is 0 Å². The molecule has 6 heteroatoms. The van der Waals surface area contributed by atoms with Gasteiger partial charge in [0, 0.05) is 12.8 Å². The van der Waals surface area contributed by atoms with E-state index in [0.29, 0.717) is 12.8 Å². The largest absolute Gasteiger partial charge is 0.481 e. The second-order valence-corrected chi connectivity index (χ2v) is 13.0. The van der Waals surface area contributed by atoms with Crippen molar-refractivity contribution in [3.8, 4) is 0 Å². The monoisotopic (exact) mass is 613 g/mol. The van der Waals surface area contributed by atoms with E-state index in [0.717, 1.165) is 25.7 Å². The summed E-state index contributed by atoms with van der Waals surface area (Å²) >= 11 is 0. The Labute approximate surface area is 266 Å². The van der Waals surface area contributed by atoms with E-state index in [4.69, 9.17) is 20.1 Å². The zero-order valence-electron chi connectivity index (χ0n) is 28.2. The summed E-state index contributed by atoms with van der Waals surface area (Å²) in [6.45, 7) is -0.484. The highest BCUT2D eigenvalue weighted by molar-refractivity contribution is 5.69. The molecule has 0 amide bonds. The third-order valence-corrected chi connectivity index (χ3v) is 8.67. The Morgan fingerprint density at radius 3 is 0.884 bits per heavy atom. The Bertz CT molecular complexity index is 581. The Morgan fingerprint density at radius 1 is 0.419 bits per heavy atom. The summed E-state index contributed by atoms with van der Waals surface area (Å²) in [6, 6.07) is 0. The van der Waals surface area contributed by atoms with E-state index in [-0.39, 0.29) is 19.2 Å². The highest BCUT2D eigenvalue weighted by atomic mass is 16.5. The van der Waals surface area contributed by atoms with Gasteiger partial charge in [-0.3, -0.25) is 9.59 Å². The first-order valence-corrected chi connectivity index (χ1v) is 18.7. The molecular weight excluding hydrogens is 540 g/mol. The van der Waals surface area contributed by atoms with Crippen LogP contribution in [-0.4, -0.2) is 46.6 Å². The van der Waals surface area contributed by atoms with Crippen LogP contribution >= 0.6 is 0 Å². The molecule has 0 aliphatic rings. The van der Waals surface area contributed by atoms with E-state index in [1.165, 1.54) is 167 Å². The molecule has 0 aromatic carbocycles. The normalized spacial score (nSPS) is 12.0. The molecule has 0 aliphatic carbocycles. The quantitative estimate of drug-likeness (QED) is 0.0480. The summed E-state index contributed by atoms with van der Waals surface area (Å²) in [6.07, 6.45) is 39.2. The highest BCUT2D eigenvalue weighted by Gasteiger charge is 2.07. The molecule has 1 unspecified atom stereocenters. The van der Waals surface area contributed by atoms with Gasteiger partial charge in [-0.05, 0) is 12.8 Å². The highest BCUT2D eigenvalue weighted by Crippen LogP contribution is 2.17. The first kappa shape index (κ1) is 41.9. The van der Waals surface area contributed by atoms with Crippen molar-refractivity contribution in [1.82, 2.24) is 0 Å². The predicted octanol–water partition coefficient (Wildman–Crippen LogP) is 10.5. The lowest BCUT2D eigenvalue weighted by Gasteiger charge is -2.08. The number of carboxylic acids is 1. The van der Waals surface area contributed by atoms with Crippen molar-refractivity contribution in [2.75, 3.05) is 13.2 Å². The number of carboxylic acid groups (broad SMARTS) is 1. The molecule has 0 aliphatic heterocycles. The van der Waals surface area contributed by atoms with Gasteiger partial charge in [-0.2, -0.15) is 0 Å². The van der Waals surface area contributed by atoms with Gasteiger partial charge in [0.25, 0.3) is 0 Å². The number of ether oxygens (including phenoxy) is 1. The SMILES string of the molecule is O=C(O)CCCCCCCCCCCCCCCCCCCCCCCCCCCCCCCCC(=O)OCC(O)CO. The minimum absolute atomic E-state index is 0.109. The minimum atomic E-state index is -0.963. The summed E-state index contributed by atoms with van der Waals surface area (Å²) in [5, 5.41) is 26.5. The molecule has 1 atom stereocenters. The number of carbonyl (C=O) groups excluding carboxylic acids is 1. The topological polar surface area (TPSA) is 104 Å². The summed E-state index contributed by atoms with van der Waals surface area (Å²) in [7, 11) is 0. The first-order chi connectivity index (χ1) is 21.1. The van der Waals surface area contributed by atoms with Crippen molar-refractivity contribution in [3.05, 3.63) is 0 Å². The average molecular weight is 613 g/mol. The van der Waals surface area contributed by atoms with Gasteiger partial charge in [-0.25, -0.2) is 0 Å². The third-order valence-electron chi connectivity index (χ3n) is 8.67. The molecule has 0 rings (SSSR count). The molecular formula is C37H72O6. The number of aliphatic hydroxyl groups excluding tert-OH is 2. The second-order valence-electron chi connectivity index (χ2n) is 13.0. The van der Waals surface area contributed by atoms with Gasteiger partial charge >= 0.3 is 11.9 Å². The molecule has 43 heavy (non-hydrogen) atoms. The second kappa shape index (κ2) is 35.3. The predicted molar refractivity (Wildman–Crippen MR) is 179 cm³/mol. The van der Waals surface area contributed by atoms with Gasteiger partial charge in [0.15, 0.2) is 0 Å². The molecule has 0 aromatic heterocycles. The van der Waals surface area contributed by atoms with Crippen molar-refractivity contribution >= 4 is 11.9 Å². The van der Waals surface area contributed by atoms with E-state index in [9.17, 15) is 9.59 Å².